The minimum absolute atomic E-state index is 0.0180. The second-order valence-corrected chi connectivity index (χ2v) is 6.35. The average molecular weight is 366 g/mol. The van der Waals surface area contributed by atoms with E-state index < -0.39 is 0 Å². The summed E-state index contributed by atoms with van der Waals surface area (Å²) in [7, 11) is 0. The van der Waals surface area contributed by atoms with E-state index in [9.17, 15) is 10.1 Å². The molecule has 8 nitrogen and oxygen atoms in total. The Kier molecular flexibility index (Phi) is 4.55. The highest BCUT2D eigenvalue weighted by Gasteiger charge is 2.23. The van der Waals surface area contributed by atoms with Gasteiger partial charge in [0.15, 0.2) is 0 Å². The second kappa shape index (κ2) is 7.16. The molecule has 1 aliphatic rings. The summed E-state index contributed by atoms with van der Waals surface area (Å²) in [6, 6.07) is 12.7. The van der Waals surface area contributed by atoms with Gasteiger partial charge in [-0.1, -0.05) is 35.0 Å². The van der Waals surface area contributed by atoms with E-state index in [1.54, 1.807) is 12.1 Å². The summed E-state index contributed by atoms with van der Waals surface area (Å²) in [6.07, 6.45) is 0. The topological polar surface area (TPSA) is 94.5 Å². The number of morpholine rings is 1. The molecule has 0 radical (unpaired) electrons. The number of hydrogen-bond donors (Lipinski definition) is 0. The predicted molar refractivity (Wildman–Crippen MR) is 99.6 cm³/mol. The summed E-state index contributed by atoms with van der Waals surface area (Å²) < 4.78 is 10.7. The minimum atomic E-state index is -0.383. The summed E-state index contributed by atoms with van der Waals surface area (Å²) in [5.74, 6) is 0.701. The van der Waals surface area contributed by atoms with Crippen molar-refractivity contribution in [3.05, 3.63) is 58.1 Å². The number of aromatic nitrogens is 2. The molecule has 1 aromatic heterocycles. The normalized spacial score (nSPS) is 14.3. The lowest BCUT2D eigenvalue weighted by molar-refractivity contribution is -0.384. The molecule has 1 aliphatic heterocycles. The molecular weight excluding hydrogens is 348 g/mol. The van der Waals surface area contributed by atoms with Crippen LogP contribution in [0.4, 0.5) is 11.4 Å². The van der Waals surface area contributed by atoms with E-state index >= 15 is 0 Å². The van der Waals surface area contributed by atoms with Crippen molar-refractivity contribution >= 4 is 11.4 Å². The van der Waals surface area contributed by atoms with Crippen LogP contribution in [-0.2, 0) is 4.74 Å². The van der Waals surface area contributed by atoms with Crippen LogP contribution in [0.15, 0.2) is 47.0 Å². The number of nitro benzene ring substituents is 1. The lowest BCUT2D eigenvalue weighted by atomic mass is 10.1. The highest BCUT2D eigenvalue weighted by molar-refractivity contribution is 5.71. The van der Waals surface area contributed by atoms with Crippen molar-refractivity contribution in [1.29, 1.82) is 0 Å². The van der Waals surface area contributed by atoms with Gasteiger partial charge in [-0.05, 0) is 19.1 Å². The van der Waals surface area contributed by atoms with Crippen molar-refractivity contribution in [2.45, 2.75) is 6.92 Å². The van der Waals surface area contributed by atoms with Crippen LogP contribution in [-0.4, -0.2) is 41.4 Å². The van der Waals surface area contributed by atoms with Gasteiger partial charge in [0, 0.05) is 30.3 Å². The number of ether oxygens (including phenoxy) is 1. The minimum Gasteiger partial charge on any atom is -0.378 e. The van der Waals surface area contributed by atoms with Crippen LogP contribution in [0.1, 0.15) is 5.56 Å². The van der Waals surface area contributed by atoms with Crippen LogP contribution in [0.3, 0.4) is 0 Å². The molecule has 2 aromatic carbocycles. The van der Waals surface area contributed by atoms with E-state index in [4.69, 9.17) is 9.26 Å². The molecule has 2 heterocycles. The first-order valence-electron chi connectivity index (χ1n) is 8.64. The largest absolute Gasteiger partial charge is 0.378 e. The average Bonchev–Trinajstić information content (AvgIpc) is 3.19. The van der Waals surface area contributed by atoms with Crippen molar-refractivity contribution in [1.82, 2.24) is 10.1 Å². The maximum atomic E-state index is 11.6. The lowest BCUT2D eigenvalue weighted by Gasteiger charge is -2.28. The summed E-state index contributed by atoms with van der Waals surface area (Å²) in [5.41, 5.74) is 3.08. The van der Waals surface area contributed by atoms with Gasteiger partial charge in [0.2, 0.25) is 5.82 Å². The molecule has 138 valence electrons. The predicted octanol–water partition coefficient (Wildman–Crippen LogP) is 3.46. The van der Waals surface area contributed by atoms with Gasteiger partial charge >= 0.3 is 0 Å². The molecule has 0 unspecified atom stereocenters. The van der Waals surface area contributed by atoms with Crippen LogP contribution in [0.25, 0.3) is 22.8 Å². The van der Waals surface area contributed by atoms with Gasteiger partial charge in [0.05, 0.1) is 18.1 Å². The molecule has 0 N–H and O–H groups in total. The zero-order valence-electron chi connectivity index (χ0n) is 14.8. The molecule has 8 heteroatoms. The molecule has 3 aromatic rings. The molecule has 1 fully saturated rings. The van der Waals surface area contributed by atoms with Crippen molar-refractivity contribution in [2.75, 3.05) is 31.2 Å². The quantitative estimate of drug-likeness (QED) is 0.515. The molecule has 0 saturated carbocycles. The third-order valence-electron chi connectivity index (χ3n) is 4.51. The number of benzene rings is 2. The smallest absolute Gasteiger partial charge is 0.293 e. The van der Waals surface area contributed by atoms with Crippen LogP contribution >= 0.6 is 0 Å². The standard InChI is InChI=1S/C19H18N4O4/c1-13-2-4-14(5-3-13)18-20-19(27-21-18)15-6-7-16(17(12-15)23(24)25)22-8-10-26-11-9-22/h2-7,12H,8-11H2,1H3. The van der Waals surface area contributed by atoms with Crippen molar-refractivity contribution in [3.63, 3.8) is 0 Å². The van der Waals surface area contributed by atoms with Gasteiger partial charge in [-0.2, -0.15) is 4.98 Å². The Morgan fingerprint density at radius 2 is 1.78 bits per heavy atom. The first kappa shape index (κ1) is 17.2. The van der Waals surface area contributed by atoms with Crippen molar-refractivity contribution < 1.29 is 14.2 Å². The molecular formula is C19H18N4O4. The number of aryl methyl sites for hydroxylation is 1. The molecule has 0 atom stereocenters. The Morgan fingerprint density at radius 1 is 1.07 bits per heavy atom. The summed E-state index contributed by atoms with van der Waals surface area (Å²) in [4.78, 5) is 17.5. The van der Waals surface area contributed by atoms with E-state index in [0.717, 1.165) is 11.1 Å². The third kappa shape index (κ3) is 3.52. The van der Waals surface area contributed by atoms with Gasteiger partial charge in [0.1, 0.15) is 5.69 Å². The van der Waals surface area contributed by atoms with Gasteiger partial charge in [-0.25, -0.2) is 0 Å². The fraction of sp³-hybridized carbons (Fsp3) is 0.263. The van der Waals surface area contributed by atoms with Crippen LogP contribution in [0.2, 0.25) is 0 Å². The number of nitro groups is 1. The van der Waals surface area contributed by atoms with Crippen LogP contribution < -0.4 is 4.90 Å². The zero-order valence-corrected chi connectivity index (χ0v) is 14.8. The maximum Gasteiger partial charge on any atom is 0.293 e. The number of anilines is 1. The summed E-state index contributed by atoms with van der Waals surface area (Å²) >= 11 is 0. The summed E-state index contributed by atoms with van der Waals surface area (Å²) in [6.45, 7) is 4.36. The highest BCUT2D eigenvalue weighted by Crippen LogP contribution is 2.33. The molecule has 27 heavy (non-hydrogen) atoms. The third-order valence-corrected chi connectivity index (χ3v) is 4.51. The fourth-order valence-corrected chi connectivity index (χ4v) is 3.03. The molecule has 0 aliphatic carbocycles. The van der Waals surface area contributed by atoms with E-state index in [2.05, 4.69) is 10.1 Å². The van der Waals surface area contributed by atoms with E-state index in [1.807, 2.05) is 36.1 Å². The number of nitrogens with zero attached hydrogens (tertiary/aromatic N) is 4. The van der Waals surface area contributed by atoms with Crippen molar-refractivity contribution in [2.24, 2.45) is 0 Å². The zero-order chi connectivity index (χ0) is 18.8. The highest BCUT2D eigenvalue weighted by atomic mass is 16.6. The Labute approximate surface area is 155 Å². The van der Waals surface area contributed by atoms with Crippen LogP contribution in [0.5, 0.6) is 0 Å². The maximum absolute atomic E-state index is 11.6. The van der Waals surface area contributed by atoms with E-state index in [1.165, 1.54) is 6.07 Å². The SMILES string of the molecule is Cc1ccc(-c2noc(-c3ccc(N4CCOCC4)c([N+](=O)[O-])c3)n2)cc1. The molecule has 0 amide bonds. The van der Waals surface area contributed by atoms with Gasteiger partial charge in [-0.15, -0.1) is 0 Å². The Balaban J connectivity index is 1.67. The molecule has 1 saturated heterocycles. The Hall–Kier alpha value is -3.26. The van der Waals surface area contributed by atoms with E-state index in [0.29, 0.717) is 43.4 Å². The number of rotatable bonds is 4. The lowest BCUT2D eigenvalue weighted by Crippen LogP contribution is -2.36. The molecule has 0 spiro atoms. The number of hydrogen-bond acceptors (Lipinski definition) is 7. The second-order valence-electron chi connectivity index (χ2n) is 6.35. The van der Waals surface area contributed by atoms with Crippen molar-refractivity contribution in [3.8, 4) is 22.8 Å². The Morgan fingerprint density at radius 3 is 2.48 bits per heavy atom. The first-order valence-corrected chi connectivity index (χ1v) is 8.64. The summed E-state index contributed by atoms with van der Waals surface area (Å²) in [5, 5.41) is 15.6. The van der Waals surface area contributed by atoms with Gasteiger partial charge < -0.3 is 14.2 Å². The van der Waals surface area contributed by atoms with Gasteiger partial charge in [-0.3, -0.25) is 10.1 Å². The monoisotopic (exact) mass is 366 g/mol. The Bertz CT molecular complexity index is 962. The first-order chi connectivity index (χ1) is 13.1. The fourth-order valence-electron chi connectivity index (χ4n) is 3.03. The van der Waals surface area contributed by atoms with E-state index in [-0.39, 0.29) is 16.5 Å². The van der Waals surface area contributed by atoms with Crippen LogP contribution in [0, 0.1) is 17.0 Å². The van der Waals surface area contributed by atoms with Gasteiger partial charge in [0.25, 0.3) is 11.6 Å². The molecule has 4 rings (SSSR count). The molecule has 0 bridgehead atoms.